The molecule has 6 nitrogen and oxygen atoms in total. The molecule has 0 saturated carbocycles. The Kier molecular flexibility index (Phi) is 5.34. The van der Waals surface area contributed by atoms with Crippen molar-refractivity contribution in [2.24, 2.45) is 0 Å². The van der Waals surface area contributed by atoms with Gasteiger partial charge >= 0.3 is 0 Å². The van der Waals surface area contributed by atoms with Crippen molar-refractivity contribution >= 4 is 23.4 Å². The number of hydrogen-bond acceptors (Lipinski definition) is 5. The zero-order chi connectivity index (χ0) is 17.6. The number of aromatic nitrogens is 4. The highest BCUT2D eigenvalue weighted by Gasteiger charge is 2.10. The number of nitrogens with one attached hydrogen (secondary N) is 1. The first-order valence-corrected chi connectivity index (χ1v) is 8.43. The second kappa shape index (κ2) is 7.84. The largest absolute Gasteiger partial charge is 0.325 e. The Bertz CT molecular complexity index is 852. The summed E-state index contributed by atoms with van der Waals surface area (Å²) in [5, 5.41) is 14.0. The van der Waals surface area contributed by atoms with Crippen molar-refractivity contribution in [2.75, 3.05) is 11.1 Å². The van der Waals surface area contributed by atoms with Crippen molar-refractivity contribution in [1.82, 2.24) is 20.2 Å². The highest BCUT2D eigenvalue weighted by atomic mass is 32.2. The predicted octanol–water partition coefficient (Wildman–Crippen LogP) is 2.81. The average molecular weight is 361 g/mol. The fourth-order valence-electron chi connectivity index (χ4n) is 2.12. The van der Waals surface area contributed by atoms with Crippen molar-refractivity contribution in [3.63, 3.8) is 0 Å². The van der Waals surface area contributed by atoms with Crippen molar-refractivity contribution in [3.8, 4) is 5.69 Å². The van der Waals surface area contributed by atoms with Crippen molar-refractivity contribution in [1.29, 1.82) is 0 Å². The minimum Gasteiger partial charge on any atom is -0.325 e. The van der Waals surface area contributed by atoms with E-state index in [1.165, 1.54) is 11.8 Å². The summed E-state index contributed by atoms with van der Waals surface area (Å²) in [6.07, 6.45) is 0. The van der Waals surface area contributed by atoms with Gasteiger partial charge in [-0.15, -0.1) is 16.9 Å². The van der Waals surface area contributed by atoms with Gasteiger partial charge in [-0.25, -0.2) is 8.78 Å². The minimum atomic E-state index is -0.745. The van der Waals surface area contributed by atoms with E-state index in [4.69, 9.17) is 0 Å². The number of amides is 1. The fraction of sp³-hybridized carbons (Fsp3) is 0.125. The molecule has 25 heavy (non-hydrogen) atoms. The number of tetrazole rings is 1. The van der Waals surface area contributed by atoms with Crippen LogP contribution < -0.4 is 5.32 Å². The van der Waals surface area contributed by atoms with Gasteiger partial charge in [-0.3, -0.25) is 4.79 Å². The number of carbonyl (C=O) groups is 1. The maximum absolute atomic E-state index is 13.1. The lowest BCUT2D eigenvalue weighted by atomic mass is 10.3. The predicted molar refractivity (Wildman–Crippen MR) is 90.3 cm³/mol. The highest BCUT2D eigenvalue weighted by molar-refractivity contribution is 7.99. The van der Waals surface area contributed by atoms with Crippen LogP contribution >= 0.6 is 11.8 Å². The molecule has 0 atom stereocenters. The molecule has 1 aromatic heterocycles. The Morgan fingerprint density at radius 3 is 2.56 bits per heavy atom. The van der Waals surface area contributed by atoms with E-state index >= 15 is 0 Å². The summed E-state index contributed by atoms with van der Waals surface area (Å²) in [5.74, 6) is -0.753. The summed E-state index contributed by atoms with van der Waals surface area (Å²) < 4.78 is 27.8. The molecule has 1 amide bonds. The molecule has 0 spiro atoms. The first-order valence-electron chi connectivity index (χ1n) is 7.28. The molecule has 3 rings (SSSR count). The Balaban J connectivity index is 1.55. The van der Waals surface area contributed by atoms with E-state index in [9.17, 15) is 13.6 Å². The number of rotatable bonds is 6. The quantitative estimate of drug-likeness (QED) is 0.731. The Morgan fingerprint density at radius 1 is 1.12 bits per heavy atom. The molecule has 0 aliphatic carbocycles. The Labute approximate surface area is 146 Å². The molecular weight excluding hydrogens is 348 g/mol. The second-order valence-electron chi connectivity index (χ2n) is 5.04. The van der Waals surface area contributed by atoms with Gasteiger partial charge in [0.2, 0.25) is 5.91 Å². The van der Waals surface area contributed by atoms with Crippen molar-refractivity contribution in [3.05, 3.63) is 66.0 Å². The van der Waals surface area contributed by atoms with Crippen LogP contribution in [0.5, 0.6) is 0 Å². The first kappa shape index (κ1) is 17.0. The zero-order valence-corrected chi connectivity index (χ0v) is 13.7. The van der Waals surface area contributed by atoms with Gasteiger partial charge in [-0.1, -0.05) is 18.2 Å². The van der Waals surface area contributed by atoms with Crippen LogP contribution in [0.2, 0.25) is 0 Å². The molecule has 0 unspecified atom stereocenters. The normalized spacial score (nSPS) is 10.6. The maximum Gasteiger partial charge on any atom is 0.234 e. The van der Waals surface area contributed by atoms with E-state index in [2.05, 4.69) is 20.8 Å². The summed E-state index contributed by atoms with van der Waals surface area (Å²) in [6, 6.07) is 12.2. The van der Waals surface area contributed by atoms with E-state index in [1.807, 2.05) is 30.3 Å². The van der Waals surface area contributed by atoms with Crippen LogP contribution in [0.25, 0.3) is 5.69 Å². The Hall–Kier alpha value is -2.81. The topological polar surface area (TPSA) is 72.7 Å². The van der Waals surface area contributed by atoms with E-state index < -0.39 is 11.6 Å². The monoisotopic (exact) mass is 361 g/mol. The molecule has 0 aliphatic heterocycles. The number of halogens is 2. The summed E-state index contributed by atoms with van der Waals surface area (Å²) >= 11 is 1.29. The van der Waals surface area contributed by atoms with Crippen LogP contribution in [-0.4, -0.2) is 31.9 Å². The average Bonchev–Trinajstić information content (AvgIpc) is 3.03. The number of benzene rings is 2. The fourth-order valence-corrected chi connectivity index (χ4v) is 2.85. The van der Waals surface area contributed by atoms with Gasteiger partial charge < -0.3 is 5.32 Å². The van der Waals surface area contributed by atoms with E-state index in [1.54, 1.807) is 4.68 Å². The molecule has 9 heteroatoms. The third-order valence-corrected chi connectivity index (χ3v) is 4.07. The van der Waals surface area contributed by atoms with E-state index in [0.717, 1.165) is 23.9 Å². The molecule has 3 aromatic rings. The van der Waals surface area contributed by atoms with Crippen LogP contribution in [0.15, 0.2) is 48.5 Å². The van der Waals surface area contributed by atoms with Crippen molar-refractivity contribution in [2.45, 2.75) is 5.75 Å². The third kappa shape index (κ3) is 4.60. The maximum atomic E-state index is 13.1. The molecule has 2 aromatic carbocycles. The first-order chi connectivity index (χ1) is 12.1. The van der Waals surface area contributed by atoms with Crippen LogP contribution in [0.4, 0.5) is 14.5 Å². The molecule has 1 heterocycles. The minimum absolute atomic E-state index is 0.0808. The van der Waals surface area contributed by atoms with Crippen LogP contribution in [0.3, 0.4) is 0 Å². The number of thioether (sulfide) groups is 1. The summed E-state index contributed by atoms with van der Waals surface area (Å²) in [7, 11) is 0. The molecule has 0 aliphatic rings. The molecular formula is C16H13F2N5OS. The Morgan fingerprint density at radius 2 is 1.84 bits per heavy atom. The van der Waals surface area contributed by atoms with Gasteiger partial charge in [0, 0.05) is 11.8 Å². The third-order valence-electron chi connectivity index (χ3n) is 3.15. The number of nitrogens with zero attached hydrogens (tertiary/aromatic N) is 4. The summed E-state index contributed by atoms with van der Waals surface area (Å²) in [4.78, 5) is 11.9. The molecule has 1 N–H and O–H groups in total. The number of anilines is 1. The van der Waals surface area contributed by atoms with E-state index in [0.29, 0.717) is 11.6 Å². The van der Waals surface area contributed by atoms with Crippen LogP contribution in [0.1, 0.15) is 5.82 Å². The van der Waals surface area contributed by atoms with Crippen LogP contribution in [-0.2, 0) is 10.5 Å². The van der Waals surface area contributed by atoms with E-state index in [-0.39, 0.29) is 17.3 Å². The summed E-state index contributed by atoms with van der Waals surface area (Å²) in [5.41, 5.74) is 0.903. The van der Waals surface area contributed by atoms with Gasteiger partial charge in [0.25, 0.3) is 0 Å². The van der Waals surface area contributed by atoms with Gasteiger partial charge in [-0.05, 0) is 34.7 Å². The SMILES string of the molecule is O=C(CSCc1nnnn1-c1ccccc1)Nc1cc(F)cc(F)c1. The second-order valence-corrected chi connectivity index (χ2v) is 6.03. The van der Waals surface area contributed by atoms with Crippen LogP contribution in [0, 0.1) is 11.6 Å². The molecule has 0 saturated heterocycles. The smallest absolute Gasteiger partial charge is 0.234 e. The highest BCUT2D eigenvalue weighted by Crippen LogP contribution is 2.16. The van der Waals surface area contributed by atoms with Gasteiger partial charge in [-0.2, -0.15) is 4.68 Å². The molecule has 0 radical (unpaired) electrons. The zero-order valence-electron chi connectivity index (χ0n) is 12.9. The molecule has 128 valence electrons. The standard InChI is InChI=1S/C16H13F2N5OS/c17-11-6-12(18)8-13(7-11)19-16(24)10-25-9-15-20-21-22-23(15)14-4-2-1-3-5-14/h1-8H,9-10H2,(H,19,24). The van der Waals surface area contributed by atoms with Crippen molar-refractivity contribution < 1.29 is 13.6 Å². The lowest BCUT2D eigenvalue weighted by Crippen LogP contribution is -2.15. The number of carbonyl (C=O) groups excluding carboxylic acids is 1. The lowest BCUT2D eigenvalue weighted by Gasteiger charge is -2.06. The number of para-hydroxylation sites is 1. The van der Waals surface area contributed by atoms with Gasteiger partial charge in [0.05, 0.1) is 17.2 Å². The summed E-state index contributed by atoms with van der Waals surface area (Å²) in [6.45, 7) is 0. The molecule has 0 fully saturated rings. The lowest BCUT2D eigenvalue weighted by molar-refractivity contribution is -0.113. The number of hydrogen-bond donors (Lipinski definition) is 1. The molecule has 0 bridgehead atoms. The van der Waals surface area contributed by atoms with Gasteiger partial charge in [0.1, 0.15) is 11.6 Å². The van der Waals surface area contributed by atoms with Gasteiger partial charge in [0.15, 0.2) is 5.82 Å².